The minimum atomic E-state index is 0.250. The second-order valence-electron chi connectivity index (χ2n) is 5.01. The van der Waals surface area contributed by atoms with E-state index < -0.39 is 0 Å². The Morgan fingerprint density at radius 3 is 2.83 bits per heavy atom. The van der Waals surface area contributed by atoms with E-state index in [0.29, 0.717) is 11.7 Å². The van der Waals surface area contributed by atoms with Gasteiger partial charge in [0, 0.05) is 5.56 Å². The Kier molecular flexibility index (Phi) is 3.73. The lowest BCUT2D eigenvalue weighted by Gasteiger charge is -2.02. The average molecular weight is 319 g/mol. The van der Waals surface area contributed by atoms with Crippen molar-refractivity contribution in [2.24, 2.45) is 5.10 Å². The third kappa shape index (κ3) is 3.00. The molecular weight excluding hydrogens is 306 g/mol. The first-order chi connectivity index (χ1) is 11.9. The molecule has 1 N–H and O–H groups in total. The van der Waals surface area contributed by atoms with E-state index in [1.165, 1.54) is 0 Å². The van der Waals surface area contributed by atoms with E-state index in [0.717, 1.165) is 22.6 Å². The smallest absolute Gasteiger partial charge is 0.263 e. The van der Waals surface area contributed by atoms with Gasteiger partial charge < -0.3 is 9.47 Å². The second kappa shape index (κ2) is 6.33. The third-order valence-corrected chi connectivity index (χ3v) is 3.40. The van der Waals surface area contributed by atoms with Crippen LogP contribution in [0, 0.1) is 0 Å². The Bertz CT molecular complexity index is 883. The fourth-order valence-electron chi connectivity index (χ4n) is 2.26. The maximum Gasteiger partial charge on any atom is 0.263 e. The summed E-state index contributed by atoms with van der Waals surface area (Å²) in [6.07, 6.45) is 3.27. The van der Waals surface area contributed by atoms with Crippen molar-refractivity contribution in [2.75, 3.05) is 12.2 Å². The highest BCUT2D eigenvalue weighted by atomic mass is 16.7. The van der Waals surface area contributed by atoms with E-state index in [1.54, 1.807) is 12.4 Å². The number of ether oxygens (including phenoxy) is 2. The van der Waals surface area contributed by atoms with Gasteiger partial charge >= 0.3 is 0 Å². The van der Waals surface area contributed by atoms with E-state index in [2.05, 4.69) is 25.7 Å². The van der Waals surface area contributed by atoms with Crippen molar-refractivity contribution in [3.05, 3.63) is 60.3 Å². The Hall–Kier alpha value is -3.48. The Balaban J connectivity index is 1.48. The molecule has 0 saturated heterocycles. The van der Waals surface area contributed by atoms with Crippen molar-refractivity contribution in [3.8, 4) is 22.8 Å². The molecule has 118 valence electrons. The summed E-state index contributed by atoms with van der Waals surface area (Å²) in [5.74, 6) is 1.78. The van der Waals surface area contributed by atoms with Crippen LogP contribution in [0.25, 0.3) is 11.3 Å². The van der Waals surface area contributed by atoms with Crippen LogP contribution in [0.2, 0.25) is 0 Å². The van der Waals surface area contributed by atoms with E-state index in [9.17, 15) is 0 Å². The van der Waals surface area contributed by atoms with E-state index in [-0.39, 0.29) is 6.79 Å². The standard InChI is InChI=1S/C17H13N5O2/c1-2-4-13(5-3-1)14-10-19-22-17(20-14)21-18-9-12-6-7-15-16(8-12)24-11-23-15/h1-10H,11H2,(H,20,21,22). The summed E-state index contributed by atoms with van der Waals surface area (Å²) in [5.41, 5.74) is 5.35. The summed E-state index contributed by atoms with van der Waals surface area (Å²) in [5, 5.41) is 12.0. The minimum absolute atomic E-state index is 0.250. The molecule has 0 atom stereocenters. The molecule has 0 amide bonds. The SMILES string of the molecule is C(=NNc1nncc(-c2ccccc2)n1)c1ccc2c(c1)OCO2. The number of nitrogens with zero attached hydrogens (tertiary/aromatic N) is 4. The molecule has 1 aliphatic rings. The van der Waals surface area contributed by atoms with Gasteiger partial charge in [0.15, 0.2) is 11.5 Å². The minimum Gasteiger partial charge on any atom is -0.454 e. The number of rotatable bonds is 4. The number of hydrazone groups is 1. The topological polar surface area (TPSA) is 81.5 Å². The highest BCUT2D eigenvalue weighted by molar-refractivity contribution is 5.81. The zero-order valence-electron chi connectivity index (χ0n) is 12.6. The summed E-state index contributed by atoms with van der Waals surface area (Å²) in [6, 6.07) is 15.4. The predicted octanol–water partition coefficient (Wildman–Crippen LogP) is 2.71. The molecule has 0 fully saturated rings. The summed E-state index contributed by atoms with van der Waals surface area (Å²) in [7, 11) is 0. The fraction of sp³-hybridized carbons (Fsp3) is 0.0588. The molecule has 0 unspecified atom stereocenters. The quantitative estimate of drug-likeness (QED) is 0.588. The van der Waals surface area contributed by atoms with Crippen molar-refractivity contribution in [1.29, 1.82) is 0 Å². The lowest BCUT2D eigenvalue weighted by molar-refractivity contribution is 0.174. The first-order valence-electron chi connectivity index (χ1n) is 7.32. The summed E-state index contributed by atoms with van der Waals surface area (Å²) < 4.78 is 10.6. The van der Waals surface area contributed by atoms with Crippen LogP contribution in [0.1, 0.15) is 5.56 Å². The van der Waals surface area contributed by atoms with Crippen LogP contribution in [0.15, 0.2) is 59.8 Å². The van der Waals surface area contributed by atoms with Gasteiger partial charge in [-0.3, -0.25) is 0 Å². The van der Waals surface area contributed by atoms with Crippen molar-refractivity contribution >= 4 is 12.2 Å². The number of nitrogens with one attached hydrogen (secondary N) is 1. The van der Waals surface area contributed by atoms with Gasteiger partial charge in [-0.15, -0.1) is 5.10 Å². The van der Waals surface area contributed by atoms with Gasteiger partial charge in [-0.2, -0.15) is 10.2 Å². The number of aromatic nitrogens is 3. The molecule has 7 heteroatoms. The zero-order valence-corrected chi connectivity index (χ0v) is 12.6. The number of hydrogen-bond acceptors (Lipinski definition) is 7. The highest BCUT2D eigenvalue weighted by Gasteiger charge is 2.12. The number of benzene rings is 2. The molecule has 0 aliphatic carbocycles. The van der Waals surface area contributed by atoms with E-state index >= 15 is 0 Å². The maximum absolute atomic E-state index is 5.33. The zero-order chi connectivity index (χ0) is 16.2. The maximum atomic E-state index is 5.33. The molecule has 0 bridgehead atoms. The molecular formula is C17H13N5O2. The second-order valence-corrected chi connectivity index (χ2v) is 5.01. The molecule has 2 heterocycles. The lowest BCUT2D eigenvalue weighted by Crippen LogP contribution is -1.99. The molecule has 1 aliphatic heterocycles. The summed E-state index contributed by atoms with van der Waals surface area (Å²) in [4.78, 5) is 4.39. The molecule has 0 saturated carbocycles. The van der Waals surface area contributed by atoms with Crippen molar-refractivity contribution in [2.45, 2.75) is 0 Å². The molecule has 2 aromatic carbocycles. The van der Waals surface area contributed by atoms with Gasteiger partial charge in [0.2, 0.25) is 6.79 Å². The van der Waals surface area contributed by atoms with E-state index in [4.69, 9.17) is 9.47 Å². The van der Waals surface area contributed by atoms with Crippen LogP contribution in [-0.4, -0.2) is 28.2 Å². The number of anilines is 1. The molecule has 4 rings (SSSR count). The first-order valence-corrected chi connectivity index (χ1v) is 7.32. The van der Waals surface area contributed by atoms with Crippen LogP contribution in [0.3, 0.4) is 0 Å². The number of hydrogen-bond donors (Lipinski definition) is 1. The Morgan fingerprint density at radius 1 is 1.04 bits per heavy atom. The van der Waals surface area contributed by atoms with Gasteiger partial charge in [-0.25, -0.2) is 10.4 Å². The fourth-order valence-corrected chi connectivity index (χ4v) is 2.26. The van der Waals surface area contributed by atoms with Gasteiger partial charge in [-0.05, 0) is 23.8 Å². The Morgan fingerprint density at radius 2 is 1.92 bits per heavy atom. The van der Waals surface area contributed by atoms with E-state index in [1.807, 2.05) is 48.5 Å². The van der Waals surface area contributed by atoms with Gasteiger partial charge in [0.1, 0.15) is 0 Å². The largest absolute Gasteiger partial charge is 0.454 e. The summed E-state index contributed by atoms with van der Waals surface area (Å²) in [6.45, 7) is 0.250. The van der Waals surface area contributed by atoms with Gasteiger partial charge in [-0.1, -0.05) is 30.3 Å². The molecule has 1 aromatic heterocycles. The molecule has 0 radical (unpaired) electrons. The van der Waals surface area contributed by atoms with Crippen molar-refractivity contribution in [1.82, 2.24) is 15.2 Å². The van der Waals surface area contributed by atoms with Crippen molar-refractivity contribution in [3.63, 3.8) is 0 Å². The molecule has 0 spiro atoms. The Labute approximate surface area is 138 Å². The third-order valence-electron chi connectivity index (χ3n) is 3.40. The number of fused-ring (bicyclic) bond motifs is 1. The van der Waals surface area contributed by atoms with Crippen molar-refractivity contribution < 1.29 is 9.47 Å². The highest BCUT2D eigenvalue weighted by Crippen LogP contribution is 2.31. The average Bonchev–Trinajstić information content (AvgIpc) is 3.11. The summed E-state index contributed by atoms with van der Waals surface area (Å²) >= 11 is 0. The normalized spacial score (nSPS) is 12.5. The predicted molar refractivity (Wildman–Crippen MR) is 89.0 cm³/mol. The van der Waals surface area contributed by atoms with Crippen LogP contribution < -0.4 is 14.9 Å². The van der Waals surface area contributed by atoms with Gasteiger partial charge in [0.25, 0.3) is 5.95 Å². The molecule has 24 heavy (non-hydrogen) atoms. The lowest BCUT2D eigenvalue weighted by atomic mass is 10.2. The van der Waals surface area contributed by atoms with Gasteiger partial charge in [0.05, 0.1) is 18.1 Å². The van der Waals surface area contributed by atoms with Crippen LogP contribution >= 0.6 is 0 Å². The molecule has 7 nitrogen and oxygen atoms in total. The van der Waals surface area contributed by atoms with Crippen LogP contribution in [-0.2, 0) is 0 Å². The van der Waals surface area contributed by atoms with Crippen LogP contribution in [0.5, 0.6) is 11.5 Å². The first kappa shape index (κ1) is 14.1. The van der Waals surface area contributed by atoms with Crippen LogP contribution in [0.4, 0.5) is 5.95 Å². The monoisotopic (exact) mass is 319 g/mol. The molecule has 3 aromatic rings.